The summed E-state index contributed by atoms with van der Waals surface area (Å²) in [6.07, 6.45) is -3.30. The van der Waals surface area contributed by atoms with Gasteiger partial charge in [0.2, 0.25) is 0 Å². The fraction of sp³-hybridized carbons (Fsp3) is 0.118. The monoisotopic (exact) mass is 420 g/mol. The summed E-state index contributed by atoms with van der Waals surface area (Å²) in [6, 6.07) is 6.62. The maximum atomic E-state index is 14.0. The number of rotatable bonds is 5. The lowest BCUT2D eigenvalue weighted by Gasteiger charge is -2.15. The summed E-state index contributed by atoms with van der Waals surface area (Å²) in [6.45, 7) is 0.322. The topological polar surface area (TPSA) is 34.1 Å². The van der Waals surface area contributed by atoms with Crippen LogP contribution in [0.5, 0.6) is 11.5 Å². The summed E-state index contributed by atoms with van der Waals surface area (Å²) in [4.78, 5) is 4.70. The van der Waals surface area contributed by atoms with Gasteiger partial charge in [0.05, 0.1) is 17.8 Å². The van der Waals surface area contributed by atoms with Gasteiger partial charge in [-0.15, -0.1) is 11.3 Å². The molecule has 0 spiro atoms. The van der Waals surface area contributed by atoms with Gasteiger partial charge in [-0.2, -0.15) is 13.2 Å². The molecule has 0 aliphatic heterocycles. The third-order valence-electron chi connectivity index (χ3n) is 3.40. The SMILES string of the molecule is Fc1cc(C(F)(F)F)cc(F)c1Oc1ccccc1NCc1cnc(Cl)s1. The summed E-state index contributed by atoms with van der Waals surface area (Å²) in [5.74, 6) is -3.78. The average molecular weight is 421 g/mol. The van der Waals surface area contributed by atoms with Crippen LogP contribution in [0, 0.1) is 11.6 Å². The van der Waals surface area contributed by atoms with E-state index in [9.17, 15) is 22.0 Å². The molecule has 0 fully saturated rings. The summed E-state index contributed by atoms with van der Waals surface area (Å²) in [5, 5.41) is 3.00. The van der Waals surface area contributed by atoms with Crippen LogP contribution < -0.4 is 10.1 Å². The molecule has 3 rings (SSSR count). The Morgan fingerprint density at radius 3 is 2.37 bits per heavy atom. The van der Waals surface area contributed by atoms with E-state index in [4.69, 9.17) is 16.3 Å². The van der Waals surface area contributed by atoms with E-state index in [2.05, 4.69) is 10.3 Å². The largest absolute Gasteiger partial charge is 0.449 e. The zero-order chi connectivity index (χ0) is 19.6. The Bertz CT molecular complexity index is 937. The molecule has 0 unspecified atom stereocenters. The van der Waals surface area contributed by atoms with Gasteiger partial charge in [0.15, 0.2) is 27.6 Å². The van der Waals surface area contributed by atoms with E-state index in [1.165, 1.54) is 17.4 Å². The molecule has 1 N–H and O–H groups in total. The van der Waals surface area contributed by atoms with E-state index < -0.39 is 29.1 Å². The maximum Gasteiger partial charge on any atom is 0.416 e. The first-order valence-corrected chi connectivity index (χ1v) is 8.60. The van der Waals surface area contributed by atoms with Crippen molar-refractivity contribution in [1.82, 2.24) is 4.98 Å². The molecule has 3 aromatic rings. The predicted molar refractivity (Wildman–Crippen MR) is 92.3 cm³/mol. The van der Waals surface area contributed by atoms with Crippen molar-refractivity contribution in [2.45, 2.75) is 12.7 Å². The number of para-hydroxylation sites is 2. The number of hydrogen-bond acceptors (Lipinski definition) is 4. The highest BCUT2D eigenvalue weighted by atomic mass is 35.5. The van der Waals surface area contributed by atoms with Crippen molar-refractivity contribution < 1.29 is 26.7 Å². The van der Waals surface area contributed by atoms with Crippen LogP contribution in [0.3, 0.4) is 0 Å². The molecule has 0 atom stereocenters. The van der Waals surface area contributed by atoms with Gasteiger partial charge in [0.1, 0.15) is 0 Å². The van der Waals surface area contributed by atoms with Crippen LogP contribution in [0.2, 0.25) is 4.47 Å². The van der Waals surface area contributed by atoms with Gasteiger partial charge in [-0.25, -0.2) is 13.8 Å². The van der Waals surface area contributed by atoms with Gasteiger partial charge in [-0.3, -0.25) is 0 Å². The fourth-order valence-corrected chi connectivity index (χ4v) is 3.10. The number of benzene rings is 2. The third-order valence-corrected chi connectivity index (χ3v) is 4.52. The molecular weight excluding hydrogens is 411 g/mol. The Morgan fingerprint density at radius 2 is 1.78 bits per heavy atom. The van der Waals surface area contributed by atoms with E-state index in [0.717, 1.165) is 4.88 Å². The molecule has 0 saturated heterocycles. The van der Waals surface area contributed by atoms with Crippen molar-refractivity contribution in [1.29, 1.82) is 0 Å². The normalized spacial score (nSPS) is 11.5. The minimum atomic E-state index is -4.87. The molecule has 0 aliphatic rings. The van der Waals surface area contributed by atoms with Crippen molar-refractivity contribution in [2.75, 3.05) is 5.32 Å². The number of halogens is 6. The summed E-state index contributed by atoms with van der Waals surface area (Å²) >= 11 is 7.00. The van der Waals surface area contributed by atoms with Crippen LogP contribution in [-0.4, -0.2) is 4.98 Å². The molecule has 0 aliphatic carbocycles. The van der Waals surface area contributed by atoms with Gasteiger partial charge in [0, 0.05) is 11.1 Å². The van der Waals surface area contributed by atoms with Crippen LogP contribution in [-0.2, 0) is 12.7 Å². The number of alkyl halides is 3. The Hall–Kier alpha value is -2.39. The van der Waals surface area contributed by atoms with Crippen molar-refractivity contribution in [3.05, 3.63) is 69.1 Å². The number of aromatic nitrogens is 1. The Kier molecular flexibility index (Phi) is 5.52. The van der Waals surface area contributed by atoms with Crippen LogP contribution in [0.15, 0.2) is 42.6 Å². The molecule has 1 aromatic heterocycles. The van der Waals surface area contributed by atoms with E-state index >= 15 is 0 Å². The Labute approximate surface area is 159 Å². The Balaban J connectivity index is 1.84. The van der Waals surface area contributed by atoms with E-state index in [1.54, 1.807) is 24.4 Å². The highest BCUT2D eigenvalue weighted by molar-refractivity contribution is 7.15. The lowest BCUT2D eigenvalue weighted by Crippen LogP contribution is -2.07. The van der Waals surface area contributed by atoms with E-state index in [1.807, 2.05) is 0 Å². The summed E-state index contributed by atoms with van der Waals surface area (Å²) in [5.41, 5.74) is -1.04. The van der Waals surface area contributed by atoms with E-state index in [-0.39, 0.29) is 17.9 Å². The van der Waals surface area contributed by atoms with Crippen molar-refractivity contribution >= 4 is 28.6 Å². The standard InChI is InChI=1S/C17H10ClF5N2OS/c18-16-25-8-10(27-16)7-24-13-3-1-2-4-14(13)26-15-11(19)5-9(6-12(15)20)17(21,22)23/h1-6,8,24H,7H2. The number of nitrogens with one attached hydrogen (secondary N) is 1. The van der Waals surface area contributed by atoms with E-state index in [0.29, 0.717) is 16.7 Å². The lowest BCUT2D eigenvalue weighted by molar-refractivity contribution is -0.138. The Morgan fingerprint density at radius 1 is 1.11 bits per heavy atom. The molecule has 2 aromatic carbocycles. The third kappa shape index (κ3) is 4.67. The first-order chi connectivity index (χ1) is 12.7. The molecule has 3 nitrogen and oxygen atoms in total. The number of thiazole rings is 1. The molecule has 142 valence electrons. The van der Waals surface area contributed by atoms with Crippen LogP contribution >= 0.6 is 22.9 Å². The fourth-order valence-electron chi connectivity index (χ4n) is 2.18. The van der Waals surface area contributed by atoms with Crippen molar-refractivity contribution in [3.63, 3.8) is 0 Å². The molecule has 27 heavy (non-hydrogen) atoms. The van der Waals surface area contributed by atoms with Crippen LogP contribution in [0.1, 0.15) is 10.4 Å². The van der Waals surface area contributed by atoms with Crippen LogP contribution in [0.25, 0.3) is 0 Å². The van der Waals surface area contributed by atoms with Crippen LogP contribution in [0.4, 0.5) is 27.6 Å². The average Bonchev–Trinajstić information content (AvgIpc) is 3.01. The maximum absolute atomic E-state index is 14.0. The van der Waals surface area contributed by atoms with Crippen molar-refractivity contribution in [2.24, 2.45) is 0 Å². The number of hydrogen-bond donors (Lipinski definition) is 1. The van der Waals surface area contributed by atoms with Gasteiger partial charge >= 0.3 is 6.18 Å². The first-order valence-electron chi connectivity index (χ1n) is 7.41. The number of nitrogens with zero attached hydrogens (tertiary/aromatic N) is 1. The lowest BCUT2D eigenvalue weighted by atomic mass is 10.2. The summed E-state index contributed by atoms with van der Waals surface area (Å²) < 4.78 is 71.5. The minimum absolute atomic E-state index is 0.0469. The first kappa shape index (κ1) is 19.4. The molecule has 0 amide bonds. The molecule has 10 heteroatoms. The molecule has 0 bridgehead atoms. The van der Waals surface area contributed by atoms with Gasteiger partial charge in [-0.1, -0.05) is 23.7 Å². The van der Waals surface area contributed by atoms with Gasteiger partial charge < -0.3 is 10.1 Å². The van der Waals surface area contributed by atoms with Crippen molar-refractivity contribution in [3.8, 4) is 11.5 Å². The zero-order valence-electron chi connectivity index (χ0n) is 13.3. The highest BCUT2D eigenvalue weighted by Crippen LogP contribution is 2.37. The number of ether oxygens (including phenoxy) is 1. The second kappa shape index (κ2) is 7.69. The second-order valence-corrected chi connectivity index (χ2v) is 7.00. The smallest absolute Gasteiger partial charge is 0.416 e. The zero-order valence-corrected chi connectivity index (χ0v) is 14.9. The molecule has 1 heterocycles. The molecular formula is C17H10ClF5N2OS. The molecule has 0 radical (unpaired) electrons. The number of anilines is 1. The quantitative estimate of drug-likeness (QED) is 0.478. The molecule has 0 saturated carbocycles. The minimum Gasteiger partial charge on any atom is -0.449 e. The highest BCUT2D eigenvalue weighted by Gasteiger charge is 2.33. The van der Waals surface area contributed by atoms with Gasteiger partial charge in [-0.05, 0) is 24.3 Å². The summed E-state index contributed by atoms with van der Waals surface area (Å²) in [7, 11) is 0. The predicted octanol–water partition coefficient (Wildman–Crippen LogP) is 6.50. The second-order valence-electron chi connectivity index (χ2n) is 5.30. The van der Waals surface area contributed by atoms with Gasteiger partial charge in [0.25, 0.3) is 0 Å².